The van der Waals surface area contributed by atoms with Crippen LogP contribution in [0.25, 0.3) is 5.69 Å². The number of amides is 1. The summed E-state index contributed by atoms with van der Waals surface area (Å²) in [6.45, 7) is 0. The van der Waals surface area contributed by atoms with Crippen LogP contribution < -0.4 is 10.5 Å². The molecule has 1 aromatic heterocycles. The number of hydrogen-bond acceptors (Lipinski definition) is 4. The van der Waals surface area contributed by atoms with Crippen LogP contribution in [0.15, 0.2) is 30.4 Å². The molecule has 0 unspecified atom stereocenters. The van der Waals surface area contributed by atoms with Gasteiger partial charge in [-0.15, -0.1) is 0 Å². The summed E-state index contributed by atoms with van der Waals surface area (Å²) in [5.74, 6) is 1.76. The average Bonchev–Trinajstić information content (AvgIpc) is 3.17. The third kappa shape index (κ3) is 3.59. The average molecular weight is 347 g/mol. The van der Waals surface area contributed by atoms with Crippen molar-refractivity contribution in [3.05, 3.63) is 47.0 Å². The SMILES string of the molecule is COc1ccc(Cl)cc1-n1nc(CC(N)=O)nc1C[C@H]1C=CCC1. The van der Waals surface area contributed by atoms with Crippen LogP contribution in [0.4, 0.5) is 0 Å². The molecule has 2 N–H and O–H groups in total. The summed E-state index contributed by atoms with van der Waals surface area (Å²) >= 11 is 6.14. The molecule has 0 aliphatic heterocycles. The third-order valence-electron chi connectivity index (χ3n) is 3.98. The lowest BCUT2D eigenvalue weighted by molar-refractivity contribution is -0.117. The minimum absolute atomic E-state index is 0.00336. The number of carbonyl (C=O) groups is 1. The van der Waals surface area contributed by atoms with E-state index in [4.69, 9.17) is 22.1 Å². The minimum atomic E-state index is -0.461. The highest BCUT2D eigenvalue weighted by molar-refractivity contribution is 6.30. The van der Waals surface area contributed by atoms with Gasteiger partial charge in [-0.25, -0.2) is 9.67 Å². The molecule has 0 radical (unpaired) electrons. The molecule has 6 nitrogen and oxygen atoms in total. The maximum atomic E-state index is 11.2. The molecule has 0 saturated heterocycles. The van der Waals surface area contributed by atoms with Gasteiger partial charge >= 0.3 is 0 Å². The summed E-state index contributed by atoms with van der Waals surface area (Å²) in [6, 6.07) is 5.31. The molecule has 2 aromatic rings. The molecule has 0 spiro atoms. The number of nitrogens with two attached hydrogens (primary N) is 1. The van der Waals surface area contributed by atoms with E-state index in [1.54, 1.807) is 30.0 Å². The molecule has 24 heavy (non-hydrogen) atoms. The van der Waals surface area contributed by atoms with Gasteiger partial charge in [0.05, 0.1) is 13.5 Å². The van der Waals surface area contributed by atoms with Gasteiger partial charge in [-0.3, -0.25) is 4.79 Å². The predicted molar refractivity (Wildman–Crippen MR) is 91.4 cm³/mol. The smallest absolute Gasteiger partial charge is 0.225 e. The first-order valence-electron chi connectivity index (χ1n) is 7.80. The molecule has 1 aliphatic carbocycles. The van der Waals surface area contributed by atoms with Gasteiger partial charge in [0.25, 0.3) is 0 Å². The van der Waals surface area contributed by atoms with Crippen molar-refractivity contribution in [2.24, 2.45) is 11.7 Å². The second kappa shape index (κ2) is 7.05. The fraction of sp³-hybridized carbons (Fsp3) is 0.353. The highest BCUT2D eigenvalue weighted by Gasteiger charge is 2.20. The number of carbonyl (C=O) groups excluding carboxylic acids is 1. The van der Waals surface area contributed by atoms with Gasteiger partial charge in [-0.2, -0.15) is 5.10 Å². The van der Waals surface area contributed by atoms with Crippen LogP contribution in [0.2, 0.25) is 5.02 Å². The van der Waals surface area contributed by atoms with Crippen LogP contribution in [0.3, 0.4) is 0 Å². The van der Waals surface area contributed by atoms with Crippen molar-refractivity contribution < 1.29 is 9.53 Å². The van der Waals surface area contributed by atoms with Crippen LogP contribution in [-0.4, -0.2) is 27.8 Å². The Kier molecular flexibility index (Phi) is 4.85. The van der Waals surface area contributed by atoms with Crippen molar-refractivity contribution in [3.8, 4) is 11.4 Å². The lowest BCUT2D eigenvalue weighted by atomic mass is 10.1. The molecule has 0 saturated carbocycles. The second-order valence-electron chi connectivity index (χ2n) is 5.79. The Hall–Kier alpha value is -2.34. The van der Waals surface area contributed by atoms with Crippen molar-refractivity contribution >= 4 is 17.5 Å². The first kappa shape index (κ1) is 16.5. The van der Waals surface area contributed by atoms with Crippen LogP contribution >= 0.6 is 11.6 Å². The number of primary amides is 1. The van der Waals surface area contributed by atoms with Gasteiger partial charge in [0.15, 0.2) is 5.82 Å². The van der Waals surface area contributed by atoms with E-state index in [1.165, 1.54) is 0 Å². The monoisotopic (exact) mass is 346 g/mol. The maximum absolute atomic E-state index is 11.2. The van der Waals surface area contributed by atoms with E-state index in [2.05, 4.69) is 22.2 Å². The Labute approximate surface area is 145 Å². The molecule has 1 atom stereocenters. The van der Waals surface area contributed by atoms with E-state index in [-0.39, 0.29) is 6.42 Å². The Morgan fingerprint density at radius 1 is 1.50 bits per heavy atom. The van der Waals surface area contributed by atoms with Crippen molar-refractivity contribution in [3.63, 3.8) is 0 Å². The quantitative estimate of drug-likeness (QED) is 0.814. The van der Waals surface area contributed by atoms with Crippen LogP contribution in [-0.2, 0) is 17.6 Å². The van der Waals surface area contributed by atoms with E-state index in [0.717, 1.165) is 25.1 Å². The molecule has 126 valence electrons. The number of ether oxygens (including phenoxy) is 1. The number of aromatic nitrogens is 3. The van der Waals surface area contributed by atoms with E-state index < -0.39 is 5.91 Å². The zero-order chi connectivity index (χ0) is 17.1. The van der Waals surface area contributed by atoms with Crippen molar-refractivity contribution in [2.45, 2.75) is 25.7 Å². The molecule has 1 amide bonds. The number of nitrogens with zero attached hydrogens (tertiary/aromatic N) is 3. The maximum Gasteiger partial charge on any atom is 0.225 e. The Morgan fingerprint density at radius 3 is 3.00 bits per heavy atom. The molecule has 1 aliphatic rings. The second-order valence-corrected chi connectivity index (χ2v) is 6.22. The zero-order valence-corrected chi connectivity index (χ0v) is 14.2. The number of benzene rings is 1. The summed E-state index contributed by atoms with van der Waals surface area (Å²) in [5, 5.41) is 5.03. The van der Waals surface area contributed by atoms with Crippen LogP contribution in [0.1, 0.15) is 24.5 Å². The zero-order valence-electron chi connectivity index (χ0n) is 13.4. The van der Waals surface area contributed by atoms with Crippen LogP contribution in [0, 0.1) is 5.92 Å². The van der Waals surface area contributed by atoms with Crippen molar-refractivity contribution in [1.29, 1.82) is 0 Å². The molecular weight excluding hydrogens is 328 g/mol. The summed E-state index contributed by atoms with van der Waals surface area (Å²) < 4.78 is 7.12. The van der Waals surface area contributed by atoms with Gasteiger partial charge in [-0.05, 0) is 37.0 Å². The Morgan fingerprint density at radius 2 is 2.33 bits per heavy atom. The van der Waals surface area contributed by atoms with E-state index in [0.29, 0.717) is 28.2 Å². The molecular formula is C17H19ClN4O2. The first-order valence-corrected chi connectivity index (χ1v) is 8.18. The van der Waals surface area contributed by atoms with Crippen molar-refractivity contribution in [1.82, 2.24) is 14.8 Å². The number of allylic oxidation sites excluding steroid dienone is 2. The van der Waals surface area contributed by atoms with Crippen molar-refractivity contribution in [2.75, 3.05) is 7.11 Å². The lowest BCUT2D eigenvalue weighted by Gasteiger charge is -2.12. The molecule has 0 bridgehead atoms. The number of halogens is 1. The van der Waals surface area contributed by atoms with E-state index >= 15 is 0 Å². The Balaban J connectivity index is 2.03. The van der Waals surface area contributed by atoms with Crippen LogP contribution in [0.5, 0.6) is 5.75 Å². The van der Waals surface area contributed by atoms with Gasteiger partial charge in [0.1, 0.15) is 17.3 Å². The summed E-state index contributed by atoms with van der Waals surface area (Å²) in [7, 11) is 1.59. The summed E-state index contributed by atoms with van der Waals surface area (Å²) in [4.78, 5) is 15.7. The molecule has 1 heterocycles. The normalized spacial score (nSPS) is 16.5. The standard InChI is InChI=1S/C17H19ClN4O2/c1-24-14-7-6-12(18)9-13(14)22-17(8-11-4-2-3-5-11)20-16(21-22)10-15(19)23/h2,4,6-7,9,11H,3,5,8,10H2,1H3,(H2,19,23)/t11-/m0/s1. The fourth-order valence-corrected chi connectivity index (χ4v) is 3.04. The molecule has 0 fully saturated rings. The van der Waals surface area contributed by atoms with E-state index in [1.807, 2.05) is 0 Å². The summed E-state index contributed by atoms with van der Waals surface area (Å²) in [6.07, 6.45) is 7.27. The highest BCUT2D eigenvalue weighted by atomic mass is 35.5. The number of rotatable bonds is 6. The third-order valence-corrected chi connectivity index (χ3v) is 4.21. The lowest BCUT2D eigenvalue weighted by Crippen LogP contribution is -2.14. The predicted octanol–water partition coefficient (Wildman–Crippen LogP) is 2.47. The fourth-order valence-electron chi connectivity index (χ4n) is 2.88. The minimum Gasteiger partial charge on any atom is -0.494 e. The number of methoxy groups -OCH3 is 1. The largest absolute Gasteiger partial charge is 0.494 e. The topological polar surface area (TPSA) is 83.0 Å². The highest BCUT2D eigenvalue weighted by Crippen LogP contribution is 2.28. The van der Waals surface area contributed by atoms with E-state index in [9.17, 15) is 4.79 Å². The Bertz CT molecular complexity index is 785. The number of hydrogen-bond donors (Lipinski definition) is 1. The molecule has 7 heteroatoms. The first-order chi connectivity index (χ1) is 11.6. The van der Waals surface area contributed by atoms with Gasteiger partial charge in [0.2, 0.25) is 5.91 Å². The molecule has 1 aromatic carbocycles. The van der Waals surface area contributed by atoms with Gasteiger partial charge < -0.3 is 10.5 Å². The summed E-state index contributed by atoms with van der Waals surface area (Å²) in [5.41, 5.74) is 5.98. The van der Waals surface area contributed by atoms with Gasteiger partial charge in [0, 0.05) is 11.4 Å². The van der Waals surface area contributed by atoms with Gasteiger partial charge in [-0.1, -0.05) is 23.8 Å². The molecule has 3 rings (SSSR count).